The maximum atomic E-state index is 6.53. The molecule has 1 saturated heterocycles. The van der Waals surface area contributed by atoms with E-state index in [1.165, 1.54) is 11.1 Å². The standard InChI is InChI=1S/C21H27NO2.ClH/c1-15-12-19(20(22)18-8-10-23-11-9-18)13-16(2)21(15)24-14-17-6-4-3-5-7-17;/h3-7,12-13,18,20H,8-11,14,22H2,1-2H3;1H/t20-;/m0./s1. The predicted octanol–water partition coefficient (Wildman–Crippen LogP) is 4.73. The van der Waals surface area contributed by atoms with Crippen LogP contribution >= 0.6 is 12.4 Å². The summed E-state index contributed by atoms with van der Waals surface area (Å²) in [7, 11) is 0. The average Bonchev–Trinajstić information content (AvgIpc) is 2.62. The minimum absolute atomic E-state index is 0. The summed E-state index contributed by atoms with van der Waals surface area (Å²) in [6, 6.07) is 14.7. The number of benzene rings is 2. The number of ether oxygens (including phenoxy) is 2. The molecule has 1 atom stereocenters. The largest absolute Gasteiger partial charge is 0.488 e. The molecule has 4 heteroatoms. The van der Waals surface area contributed by atoms with Gasteiger partial charge >= 0.3 is 0 Å². The van der Waals surface area contributed by atoms with Gasteiger partial charge in [-0.15, -0.1) is 12.4 Å². The topological polar surface area (TPSA) is 44.5 Å². The molecule has 0 aromatic heterocycles. The number of halogens is 1. The first-order chi connectivity index (χ1) is 11.6. The lowest BCUT2D eigenvalue weighted by Gasteiger charge is -2.28. The molecule has 3 rings (SSSR count). The zero-order chi connectivity index (χ0) is 16.9. The van der Waals surface area contributed by atoms with Crippen molar-refractivity contribution in [3.63, 3.8) is 0 Å². The Morgan fingerprint density at radius 1 is 1.08 bits per heavy atom. The first-order valence-electron chi connectivity index (χ1n) is 8.76. The fourth-order valence-electron chi connectivity index (χ4n) is 3.48. The number of hydrogen-bond acceptors (Lipinski definition) is 3. The van der Waals surface area contributed by atoms with Gasteiger partial charge in [-0.1, -0.05) is 42.5 Å². The molecule has 136 valence electrons. The van der Waals surface area contributed by atoms with Crippen molar-refractivity contribution in [3.05, 3.63) is 64.7 Å². The maximum absolute atomic E-state index is 6.53. The van der Waals surface area contributed by atoms with E-state index in [0.717, 1.165) is 42.9 Å². The van der Waals surface area contributed by atoms with Crippen LogP contribution in [0.15, 0.2) is 42.5 Å². The van der Waals surface area contributed by atoms with Gasteiger partial charge in [0.05, 0.1) is 0 Å². The van der Waals surface area contributed by atoms with E-state index in [4.69, 9.17) is 15.2 Å². The lowest BCUT2D eigenvalue weighted by Crippen LogP contribution is -2.27. The zero-order valence-corrected chi connectivity index (χ0v) is 15.9. The van der Waals surface area contributed by atoms with Crippen LogP contribution in [0.2, 0.25) is 0 Å². The number of rotatable bonds is 5. The van der Waals surface area contributed by atoms with E-state index in [1.54, 1.807) is 0 Å². The highest BCUT2D eigenvalue weighted by atomic mass is 35.5. The van der Waals surface area contributed by atoms with E-state index < -0.39 is 0 Å². The molecular formula is C21H28ClNO2. The van der Waals surface area contributed by atoms with Gasteiger partial charge in [-0.05, 0) is 54.9 Å². The average molecular weight is 362 g/mol. The van der Waals surface area contributed by atoms with Crippen LogP contribution in [0.4, 0.5) is 0 Å². The minimum atomic E-state index is 0. The van der Waals surface area contributed by atoms with E-state index in [-0.39, 0.29) is 18.4 Å². The Bertz CT molecular complexity index is 646. The molecule has 0 amide bonds. The Kier molecular flexibility index (Phi) is 7.30. The predicted molar refractivity (Wildman–Crippen MR) is 104 cm³/mol. The van der Waals surface area contributed by atoms with Gasteiger partial charge in [0.1, 0.15) is 12.4 Å². The van der Waals surface area contributed by atoms with Crippen LogP contribution in [0.3, 0.4) is 0 Å². The van der Waals surface area contributed by atoms with Crippen LogP contribution in [-0.2, 0) is 11.3 Å². The third kappa shape index (κ3) is 4.97. The molecule has 3 nitrogen and oxygen atoms in total. The number of aryl methyl sites for hydroxylation is 2. The Morgan fingerprint density at radius 2 is 1.68 bits per heavy atom. The van der Waals surface area contributed by atoms with Crippen LogP contribution < -0.4 is 10.5 Å². The molecule has 0 radical (unpaired) electrons. The van der Waals surface area contributed by atoms with E-state index in [2.05, 4.69) is 38.1 Å². The molecule has 1 fully saturated rings. The molecule has 25 heavy (non-hydrogen) atoms. The molecule has 2 aromatic carbocycles. The number of hydrogen-bond donors (Lipinski definition) is 1. The number of nitrogens with two attached hydrogens (primary N) is 1. The van der Waals surface area contributed by atoms with Crippen molar-refractivity contribution in [2.24, 2.45) is 11.7 Å². The van der Waals surface area contributed by atoms with E-state index >= 15 is 0 Å². The Labute approximate surface area is 156 Å². The van der Waals surface area contributed by atoms with Crippen molar-refractivity contribution < 1.29 is 9.47 Å². The highest BCUT2D eigenvalue weighted by Crippen LogP contribution is 2.33. The first-order valence-corrected chi connectivity index (χ1v) is 8.76. The minimum Gasteiger partial charge on any atom is -0.488 e. The van der Waals surface area contributed by atoms with Gasteiger partial charge < -0.3 is 15.2 Å². The Balaban J connectivity index is 0.00000225. The van der Waals surface area contributed by atoms with E-state index in [1.807, 2.05) is 18.2 Å². The highest BCUT2D eigenvalue weighted by Gasteiger charge is 2.23. The molecule has 1 aliphatic heterocycles. The summed E-state index contributed by atoms with van der Waals surface area (Å²) >= 11 is 0. The van der Waals surface area contributed by atoms with Gasteiger partial charge in [0, 0.05) is 19.3 Å². The van der Waals surface area contributed by atoms with Gasteiger partial charge in [0.2, 0.25) is 0 Å². The summed E-state index contributed by atoms with van der Waals surface area (Å²) in [6.07, 6.45) is 2.09. The Morgan fingerprint density at radius 3 is 2.28 bits per heavy atom. The summed E-state index contributed by atoms with van der Waals surface area (Å²) in [4.78, 5) is 0. The molecule has 2 aromatic rings. The van der Waals surface area contributed by atoms with Gasteiger partial charge in [-0.2, -0.15) is 0 Å². The lowest BCUT2D eigenvalue weighted by molar-refractivity contribution is 0.0583. The van der Waals surface area contributed by atoms with Gasteiger partial charge in [0.25, 0.3) is 0 Å². The fraction of sp³-hybridized carbons (Fsp3) is 0.429. The summed E-state index contributed by atoms with van der Waals surface area (Å²) < 4.78 is 11.5. The van der Waals surface area contributed by atoms with E-state index in [0.29, 0.717) is 12.5 Å². The van der Waals surface area contributed by atoms with Crippen LogP contribution in [0, 0.1) is 19.8 Å². The van der Waals surface area contributed by atoms with Crippen LogP contribution in [0.25, 0.3) is 0 Å². The fourth-order valence-corrected chi connectivity index (χ4v) is 3.48. The second-order valence-corrected chi connectivity index (χ2v) is 6.73. The summed E-state index contributed by atoms with van der Waals surface area (Å²) in [5, 5.41) is 0. The summed E-state index contributed by atoms with van der Waals surface area (Å²) in [5.74, 6) is 1.48. The highest BCUT2D eigenvalue weighted by molar-refractivity contribution is 5.85. The molecule has 0 saturated carbocycles. The molecular weight excluding hydrogens is 334 g/mol. The molecule has 0 aliphatic carbocycles. The summed E-state index contributed by atoms with van der Waals surface area (Å²) in [5.41, 5.74) is 11.2. The van der Waals surface area contributed by atoms with Gasteiger partial charge in [0.15, 0.2) is 0 Å². The van der Waals surface area contributed by atoms with Crippen LogP contribution in [0.5, 0.6) is 5.75 Å². The molecule has 0 bridgehead atoms. The maximum Gasteiger partial charge on any atom is 0.125 e. The monoisotopic (exact) mass is 361 g/mol. The van der Waals surface area contributed by atoms with E-state index in [9.17, 15) is 0 Å². The quantitative estimate of drug-likeness (QED) is 0.837. The van der Waals surface area contributed by atoms with Crippen LogP contribution in [0.1, 0.15) is 41.1 Å². The molecule has 2 N–H and O–H groups in total. The second kappa shape index (κ2) is 9.23. The first kappa shape index (κ1) is 19.8. The summed E-state index contributed by atoms with van der Waals surface area (Å²) in [6.45, 7) is 6.46. The molecule has 0 spiro atoms. The van der Waals surface area contributed by atoms with Crippen molar-refractivity contribution in [1.29, 1.82) is 0 Å². The molecule has 1 heterocycles. The zero-order valence-electron chi connectivity index (χ0n) is 15.0. The third-order valence-corrected chi connectivity index (χ3v) is 4.87. The van der Waals surface area contributed by atoms with Crippen molar-refractivity contribution >= 4 is 12.4 Å². The Hall–Kier alpha value is -1.55. The van der Waals surface area contributed by atoms with Gasteiger partial charge in [-0.3, -0.25) is 0 Å². The van der Waals surface area contributed by atoms with Crippen LogP contribution in [-0.4, -0.2) is 13.2 Å². The molecule has 0 unspecified atom stereocenters. The normalized spacial score (nSPS) is 16.1. The smallest absolute Gasteiger partial charge is 0.125 e. The van der Waals surface area contributed by atoms with Crippen molar-refractivity contribution in [1.82, 2.24) is 0 Å². The third-order valence-electron chi connectivity index (χ3n) is 4.87. The van der Waals surface area contributed by atoms with Gasteiger partial charge in [-0.25, -0.2) is 0 Å². The lowest BCUT2D eigenvalue weighted by atomic mass is 9.86. The second-order valence-electron chi connectivity index (χ2n) is 6.73. The molecule has 1 aliphatic rings. The SMILES string of the molecule is Cc1cc([C@@H](N)C2CCOCC2)cc(C)c1OCc1ccccc1.Cl. The van der Waals surface area contributed by atoms with Crippen molar-refractivity contribution in [2.45, 2.75) is 39.3 Å². The van der Waals surface area contributed by atoms with Crippen molar-refractivity contribution in [2.75, 3.05) is 13.2 Å². The van der Waals surface area contributed by atoms with Crippen molar-refractivity contribution in [3.8, 4) is 5.75 Å².